The lowest BCUT2D eigenvalue weighted by molar-refractivity contribution is 0.247. The van der Waals surface area contributed by atoms with Crippen molar-refractivity contribution in [1.82, 2.24) is 20.0 Å². The van der Waals surface area contributed by atoms with E-state index in [1.807, 2.05) is 29.8 Å². The number of hydrogen-bond acceptors (Lipinski definition) is 6. The third-order valence-electron chi connectivity index (χ3n) is 3.83. The molecule has 1 aliphatic heterocycles. The predicted octanol–water partition coefficient (Wildman–Crippen LogP) is 3.48. The first-order chi connectivity index (χ1) is 11.4. The number of hydrogen-bond donors (Lipinski definition) is 0. The van der Waals surface area contributed by atoms with Gasteiger partial charge in [0.1, 0.15) is 0 Å². The summed E-state index contributed by atoms with van der Waals surface area (Å²) < 4.78 is 5.40. The highest BCUT2D eigenvalue weighted by atomic mass is 32.1. The summed E-state index contributed by atoms with van der Waals surface area (Å²) in [6.07, 6.45) is 7.03. The van der Waals surface area contributed by atoms with Gasteiger partial charge in [0, 0.05) is 25.5 Å². The molecule has 0 aliphatic carbocycles. The Kier molecular flexibility index (Phi) is 4.00. The third kappa shape index (κ3) is 3.23. The van der Waals surface area contributed by atoms with Crippen molar-refractivity contribution in [2.24, 2.45) is 0 Å². The molecule has 0 atom stereocenters. The van der Waals surface area contributed by atoms with Crippen LogP contribution >= 0.6 is 11.3 Å². The fourth-order valence-electron chi connectivity index (χ4n) is 2.72. The zero-order valence-corrected chi connectivity index (χ0v) is 13.4. The van der Waals surface area contributed by atoms with Gasteiger partial charge in [0.2, 0.25) is 11.7 Å². The summed E-state index contributed by atoms with van der Waals surface area (Å²) in [5, 5.41) is 6.09. The molecule has 0 bridgehead atoms. The molecule has 3 aromatic rings. The van der Waals surface area contributed by atoms with Crippen LogP contribution in [0.4, 0.5) is 0 Å². The van der Waals surface area contributed by atoms with Crippen LogP contribution in [0.15, 0.2) is 52.6 Å². The quantitative estimate of drug-likeness (QED) is 0.735. The zero-order chi connectivity index (χ0) is 15.5. The minimum Gasteiger partial charge on any atom is -0.338 e. The molecule has 0 spiro atoms. The van der Waals surface area contributed by atoms with Crippen LogP contribution < -0.4 is 0 Å². The first-order valence-electron chi connectivity index (χ1n) is 7.57. The van der Waals surface area contributed by atoms with E-state index < -0.39 is 0 Å². The fraction of sp³-hybridized carbons (Fsp3) is 0.235. The molecule has 0 amide bonds. The average Bonchev–Trinajstić information content (AvgIpc) is 3.27. The van der Waals surface area contributed by atoms with Crippen molar-refractivity contribution >= 4 is 16.9 Å². The van der Waals surface area contributed by atoms with Crippen molar-refractivity contribution in [3.8, 4) is 10.7 Å². The van der Waals surface area contributed by atoms with Crippen molar-refractivity contribution in [3.05, 3.63) is 59.6 Å². The van der Waals surface area contributed by atoms with Crippen molar-refractivity contribution in [2.75, 3.05) is 13.1 Å². The highest BCUT2D eigenvalue weighted by molar-refractivity contribution is 7.13. The second-order valence-electron chi connectivity index (χ2n) is 5.46. The van der Waals surface area contributed by atoms with Gasteiger partial charge in [-0.15, -0.1) is 11.3 Å². The van der Waals surface area contributed by atoms with E-state index >= 15 is 0 Å². The third-order valence-corrected chi connectivity index (χ3v) is 4.70. The lowest BCUT2D eigenvalue weighted by Gasteiger charge is -2.25. The predicted molar refractivity (Wildman–Crippen MR) is 89.7 cm³/mol. The Morgan fingerprint density at radius 1 is 1.26 bits per heavy atom. The number of rotatable bonds is 4. The normalized spacial score (nSPS) is 15.6. The SMILES string of the molecule is C1=C(c2cccnc2)CN(Cc2nc(-c3cccs3)no2)CC1. The maximum atomic E-state index is 5.40. The molecule has 0 aromatic carbocycles. The van der Waals surface area contributed by atoms with Crippen molar-refractivity contribution in [3.63, 3.8) is 0 Å². The van der Waals surface area contributed by atoms with Crippen LogP contribution in [0.2, 0.25) is 0 Å². The number of pyridine rings is 1. The molecule has 0 radical (unpaired) electrons. The van der Waals surface area contributed by atoms with Crippen LogP contribution in [0.1, 0.15) is 17.9 Å². The Labute approximate surface area is 138 Å². The van der Waals surface area contributed by atoms with Crippen molar-refractivity contribution in [2.45, 2.75) is 13.0 Å². The smallest absolute Gasteiger partial charge is 0.241 e. The van der Waals surface area contributed by atoms with E-state index in [1.165, 1.54) is 11.1 Å². The van der Waals surface area contributed by atoms with E-state index in [0.29, 0.717) is 18.3 Å². The van der Waals surface area contributed by atoms with Gasteiger partial charge < -0.3 is 4.52 Å². The average molecular weight is 324 g/mol. The second-order valence-corrected chi connectivity index (χ2v) is 6.41. The topological polar surface area (TPSA) is 55.1 Å². The largest absolute Gasteiger partial charge is 0.338 e. The molecule has 3 aromatic heterocycles. The van der Waals surface area contributed by atoms with Gasteiger partial charge in [-0.1, -0.05) is 23.4 Å². The molecule has 0 unspecified atom stereocenters. The molecule has 1 aliphatic rings. The van der Waals surface area contributed by atoms with Crippen LogP contribution in [-0.2, 0) is 6.54 Å². The van der Waals surface area contributed by atoms with Gasteiger partial charge in [-0.25, -0.2) is 0 Å². The Hall–Kier alpha value is -2.31. The highest BCUT2D eigenvalue weighted by Crippen LogP contribution is 2.23. The second kappa shape index (κ2) is 6.44. The molecule has 5 nitrogen and oxygen atoms in total. The van der Waals surface area contributed by atoms with Gasteiger partial charge >= 0.3 is 0 Å². The monoisotopic (exact) mass is 324 g/mol. The van der Waals surface area contributed by atoms with E-state index in [-0.39, 0.29) is 0 Å². The molecule has 6 heteroatoms. The fourth-order valence-corrected chi connectivity index (χ4v) is 3.37. The minimum absolute atomic E-state index is 0.667. The Morgan fingerprint density at radius 2 is 2.26 bits per heavy atom. The van der Waals surface area contributed by atoms with Gasteiger partial charge in [-0.3, -0.25) is 9.88 Å². The van der Waals surface area contributed by atoms with Crippen LogP contribution in [0.25, 0.3) is 16.3 Å². The van der Waals surface area contributed by atoms with E-state index in [1.54, 1.807) is 17.5 Å². The molecule has 0 N–H and O–H groups in total. The molecule has 4 rings (SSSR count). The standard InChI is InChI=1S/C17H16N4OS/c1-4-13(10-18-7-1)14-5-2-8-21(11-14)12-16-19-17(20-22-16)15-6-3-9-23-15/h1,3-7,9-10H,2,8,11-12H2. The Morgan fingerprint density at radius 3 is 3.09 bits per heavy atom. The summed E-state index contributed by atoms with van der Waals surface area (Å²) in [5.41, 5.74) is 2.49. The maximum absolute atomic E-state index is 5.40. The number of thiophene rings is 1. The van der Waals surface area contributed by atoms with Crippen molar-refractivity contribution in [1.29, 1.82) is 0 Å². The van der Waals surface area contributed by atoms with E-state index in [2.05, 4.69) is 32.2 Å². The summed E-state index contributed by atoms with van der Waals surface area (Å²) in [6.45, 7) is 2.55. The molecular weight excluding hydrogens is 308 g/mol. The maximum Gasteiger partial charge on any atom is 0.241 e. The molecule has 23 heavy (non-hydrogen) atoms. The molecule has 0 fully saturated rings. The van der Waals surface area contributed by atoms with Crippen molar-refractivity contribution < 1.29 is 4.52 Å². The summed E-state index contributed by atoms with van der Waals surface area (Å²) in [7, 11) is 0. The first kappa shape index (κ1) is 14.3. The van der Waals surface area contributed by atoms with Crippen LogP contribution in [-0.4, -0.2) is 33.1 Å². The molecule has 0 saturated heterocycles. The molecular formula is C17H16N4OS. The van der Waals surface area contributed by atoms with Gasteiger partial charge in [-0.2, -0.15) is 4.98 Å². The summed E-state index contributed by atoms with van der Waals surface area (Å²) in [6, 6.07) is 8.07. The van der Waals surface area contributed by atoms with Gasteiger partial charge in [0.25, 0.3) is 0 Å². The zero-order valence-electron chi connectivity index (χ0n) is 12.6. The molecule has 4 heterocycles. The summed E-state index contributed by atoms with van der Waals surface area (Å²) in [4.78, 5) is 12.1. The minimum atomic E-state index is 0.667. The van der Waals surface area contributed by atoms with Crippen LogP contribution in [0, 0.1) is 0 Å². The van der Waals surface area contributed by atoms with E-state index in [0.717, 1.165) is 24.4 Å². The number of nitrogens with zero attached hydrogens (tertiary/aromatic N) is 4. The van der Waals surface area contributed by atoms with E-state index in [9.17, 15) is 0 Å². The van der Waals surface area contributed by atoms with Gasteiger partial charge in [0.15, 0.2) is 0 Å². The molecule has 116 valence electrons. The Balaban J connectivity index is 1.45. The first-order valence-corrected chi connectivity index (χ1v) is 8.45. The van der Waals surface area contributed by atoms with Crippen LogP contribution in [0.3, 0.4) is 0 Å². The number of aromatic nitrogens is 3. The lowest BCUT2D eigenvalue weighted by atomic mass is 10.0. The Bertz CT molecular complexity index is 795. The molecule has 0 saturated carbocycles. The van der Waals surface area contributed by atoms with Gasteiger partial charge in [-0.05, 0) is 35.1 Å². The van der Waals surface area contributed by atoms with E-state index in [4.69, 9.17) is 4.52 Å². The van der Waals surface area contributed by atoms with Gasteiger partial charge in [0.05, 0.1) is 11.4 Å². The van der Waals surface area contributed by atoms with Crippen LogP contribution in [0.5, 0.6) is 0 Å². The summed E-state index contributed by atoms with van der Waals surface area (Å²) in [5.74, 6) is 1.34. The lowest BCUT2D eigenvalue weighted by Crippen LogP contribution is -2.29. The highest BCUT2D eigenvalue weighted by Gasteiger charge is 2.18. The summed E-state index contributed by atoms with van der Waals surface area (Å²) >= 11 is 1.62.